The number of hydrogen-bond acceptors (Lipinski definition) is 2. The molecular formula is C16H14FN3O. The van der Waals surface area contributed by atoms with Crippen molar-refractivity contribution in [1.29, 1.82) is 0 Å². The van der Waals surface area contributed by atoms with E-state index in [0.29, 0.717) is 29.4 Å². The number of aromatic amines is 1. The number of amides is 1. The van der Waals surface area contributed by atoms with Crippen LogP contribution in [0.4, 0.5) is 4.39 Å². The summed E-state index contributed by atoms with van der Waals surface area (Å²) in [6.45, 7) is 0. The molecule has 1 amide bonds. The number of aromatic nitrogens is 2. The molecule has 0 bridgehead atoms. The second kappa shape index (κ2) is 5.36. The highest BCUT2D eigenvalue weighted by Gasteiger charge is 2.16. The normalized spacial score (nSPS) is 10.9. The summed E-state index contributed by atoms with van der Waals surface area (Å²) in [5.74, 6) is -0.868. The number of benzene rings is 1. The monoisotopic (exact) mass is 283 g/mol. The van der Waals surface area contributed by atoms with Crippen molar-refractivity contribution in [2.45, 2.75) is 12.8 Å². The fourth-order valence-corrected chi connectivity index (χ4v) is 2.51. The zero-order chi connectivity index (χ0) is 14.8. The summed E-state index contributed by atoms with van der Waals surface area (Å²) in [4.78, 5) is 18.6. The standard InChI is InChI=1S/C16H14FN3O/c17-11-4-6-14-13(8-11)12(15(20-14)16(18)21)5-3-10-2-1-7-19-9-10/h1-2,4,6-9,20H,3,5H2,(H2,18,21). The molecule has 0 aliphatic rings. The van der Waals surface area contributed by atoms with Crippen molar-refractivity contribution in [2.75, 3.05) is 0 Å². The van der Waals surface area contributed by atoms with Crippen LogP contribution in [0.1, 0.15) is 21.6 Å². The van der Waals surface area contributed by atoms with E-state index in [4.69, 9.17) is 5.73 Å². The van der Waals surface area contributed by atoms with Gasteiger partial charge in [-0.25, -0.2) is 4.39 Å². The Morgan fingerprint density at radius 1 is 1.29 bits per heavy atom. The Bertz CT molecular complexity index is 796. The van der Waals surface area contributed by atoms with E-state index < -0.39 is 5.91 Å². The maximum Gasteiger partial charge on any atom is 0.265 e. The minimum atomic E-state index is -0.534. The van der Waals surface area contributed by atoms with Gasteiger partial charge in [-0.3, -0.25) is 9.78 Å². The van der Waals surface area contributed by atoms with Gasteiger partial charge in [0.15, 0.2) is 0 Å². The highest BCUT2D eigenvalue weighted by Crippen LogP contribution is 2.24. The molecule has 0 saturated carbocycles. The first-order chi connectivity index (χ1) is 10.1. The third kappa shape index (κ3) is 2.63. The lowest BCUT2D eigenvalue weighted by Gasteiger charge is -2.03. The molecule has 0 spiro atoms. The minimum absolute atomic E-state index is 0.333. The molecular weight excluding hydrogens is 269 g/mol. The first-order valence-electron chi connectivity index (χ1n) is 6.64. The number of nitrogens with two attached hydrogens (primary N) is 1. The van der Waals surface area contributed by atoms with Crippen LogP contribution in [0, 0.1) is 5.82 Å². The molecule has 0 aliphatic heterocycles. The average molecular weight is 283 g/mol. The number of primary amides is 1. The second-order valence-corrected chi connectivity index (χ2v) is 4.89. The number of aryl methyl sites for hydroxylation is 2. The van der Waals surface area contributed by atoms with Crippen molar-refractivity contribution in [2.24, 2.45) is 5.73 Å². The molecule has 0 atom stereocenters. The van der Waals surface area contributed by atoms with E-state index in [-0.39, 0.29) is 5.82 Å². The van der Waals surface area contributed by atoms with Gasteiger partial charge in [-0.1, -0.05) is 6.07 Å². The zero-order valence-electron chi connectivity index (χ0n) is 11.3. The van der Waals surface area contributed by atoms with Crippen LogP contribution in [0.25, 0.3) is 10.9 Å². The molecule has 3 N–H and O–H groups in total. The predicted molar refractivity (Wildman–Crippen MR) is 78.4 cm³/mol. The van der Waals surface area contributed by atoms with Gasteiger partial charge in [0.2, 0.25) is 0 Å². The molecule has 106 valence electrons. The van der Waals surface area contributed by atoms with E-state index in [1.165, 1.54) is 12.1 Å². The molecule has 5 heteroatoms. The van der Waals surface area contributed by atoms with Crippen LogP contribution in [-0.2, 0) is 12.8 Å². The van der Waals surface area contributed by atoms with E-state index >= 15 is 0 Å². The van der Waals surface area contributed by atoms with Crippen molar-refractivity contribution in [3.05, 3.63) is 65.4 Å². The van der Waals surface area contributed by atoms with Gasteiger partial charge < -0.3 is 10.7 Å². The lowest BCUT2D eigenvalue weighted by molar-refractivity contribution is 0.0995. The van der Waals surface area contributed by atoms with E-state index in [0.717, 1.165) is 11.1 Å². The number of rotatable bonds is 4. The topological polar surface area (TPSA) is 71.8 Å². The number of pyridine rings is 1. The first kappa shape index (κ1) is 13.3. The van der Waals surface area contributed by atoms with Crippen LogP contribution >= 0.6 is 0 Å². The van der Waals surface area contributed by atoms with Crippen LogP contribution in [-0.4, -0.2) is 15.9 Å². The molecule has 4 nitrogen and oxygen atoms in total. The summed E-state index contributed by atoms with van der Waals surface area (Å²) in [7, 11) is 0. The lowest BCUT2D eigenvalue weighted by atomic mass is 10.0. The Labute approximate surface area is 120 Å². The van der Waals surface area contributed by atoms with Gasteiger partial charge in [-0.15, -0.1) is 0 Å². The van der Waals surface area contributed by atoms with E-state index in [1.54, 1.807) is 18.5 Å². The Kier molecular flexibility index (Phi) is 3.39. The summed E-state index contributed by atoms with van der Waals surface area (Å²) in [5, 5.41) is 0.702. The van der Waals surface area contributed by atoms with Crippen molar-refractivity contribution < 1.29 is 9.18 Å². The van der Waals surface area contributed by atoms with Crippen molar-refractivity contribution in [3.63, 3.8) is 0 Å². The number of H-pyrrole nitrogens is 1. The van der Waals surface area contributed by atoms with Gasteiger partial charge in [0.05, 0.1) is 0 Å². The van der Waals surface area contributed by atoms with Crippen LogP contribution < -0.4 is 5.73 Å². The van der Waals surface area contributed by atoms with Crippen LogP contribution in [0.3, 0.4) is 0 Å². The number of halogens is 1. The summed E-state index contributed by atoms with van der Waals surface area (Å²) >= 11 is 0. The molecule has 0 saturated heterocycles. The Morgan fingerprint density at radius 3 is 2.86 bits per heavy atom. The highest BCUT2D eigenvalue weighted by atomic mass is 19.1. The second-order valence-electron chi connectivity index (χ2n) is 4.89. The summed E-state index contributed by atoms with van der Waals surface area (Å²) < 4.78 is 13.5. The number of nitrogens with zero attached hydrogens (tertiary/aromatic N) is 1. The molecule has 2 heterocycles. The lowest BCUT2D eigenvalue weighted by Crippen LogP contribution is -2.14. The quantitative estimate of drug-likeness (QED) is 0.772. The van der Waals surface area contributed by atoms with Gasteiger partial charge in [-0.2, -0.15) is 0 Å². The van der Waals surface area contributed by atoms with Crippen molar-refractivity contribution in [3.8, 4) is 0 Å². The maximum absolute atomic E-state index is 13.5. The predicted octanol–water partition coefficient (Wildman–Crippen LogP) is 2.59. The largest absolute Gasteiger partial charge is 0.364 e. The third-order valence-corrected chi connectivity index (χ3v) is 3.50. The SMILES string of the molecule is NC(=O)c1[nH]c2ccc(F)cc2c1CCc1cccnc1. The Balaban J connectivity index is 2.00. The molecule has 0 unspecified atom stereocenters. The van der Waals surface area contributed by atoms with Crippen LogP contribution in [0.5, 0.6) is 0 Å². The summed E-state index contributed by atoms with van der Waals surface area (Å²) in [5.41, 5.74) is 8.28. The molecule has 0 aliphatic carbocycles. The minimum Gasteiger partial charge on any atom is -0.364 e. The average Bonchev–Trinajstić information content (AvgIpc) is 2.84. The van der Waals surface area contributed by atoms with Crippen LogP contribution in [0.15, 0.2) is 42.7 Å². The van der Waals surface area contributed by atoms with E-state index in [9.17, 15) is 9.18 Å². The van der Waals surface area contributed by atoms with E-state index in [2.05, 4.69) is 9.97 Å². The molecule has 3 aromatic rings. The molecule has 1 aromatic carbocycles. The van der Waals surface area contributed by atoms with Gasteiger partial charge >= 0.3 is 0 Å². The zero-order valence-corrected chi connectivity index (χ0v) is 11.3. The number of carbonyl (C=O) groups excluding carboxylic acids is 1. The molecule has 0 fully saturated rings. The van der Waals surface area contributed by atoms with Gasteiger partial charge in [0, 0.05) is 23.3 Å². The molecule has 0 radical (unpaired) electrons. The third-order valence-electron chi connectivity index (χ3n) is 3.50. The fraction of sp³-hybridized carbons (Fsp3) is 0.125. The Morgan fingerprint density at radius 2 is 2.14 bits per heavy atom. The first-order valence-corrected chi connectivity index (χ1v) is 6.64. The maximum atomic E-state index is 13.5. The number of fused-ring (bicyclic) bond motifs is 1. The molecule has 21 heavy (non-hydrogen) atoms. The summed E-state index contributed by atoms with van der Waals surface area (Å²) in [6, 6.07) is 8.22. The highest BCUT2D eigenvalue weighted by molar-refractivity contribution is 6.00. The fourth-order valence-electron chi connectivity index (χ4n) is 2.51. The van der Waals surface area contributed by atoms with Crippen LogP contribution in [0.2, 0.25) is 0 Å². The van der Waals surface area contributed by atoms with Gasteiger partial charge in [-0.05, 0) is 48.2 Å². The van der Waals surface area contributed by atoms with Crippen molar-refractivity contribution in [1.82, 2.24) is 9.97 Å². The number of carbonyl (C=O) groups is 1. The van der Waals surface area contributed by atoms with Gasteiger partial charge in [0.25, 0.3) is 5.91 Å². The number of nitrogens with one attached hydrogen (secondary N) is 1. The molecule has 2 aromatic heterocycles. The van der Waals surface area contributed by atoms with Crippen molar-refractivity contribution >= 4 is 16.8 Å². The number of hydrogen-bond donors (Lipinski definition) is 2. The smallest absolute Gasteiger partial charge is 0.265 e. The Hall–Kier alpha value is -2.69. The van der Waals surface area contributed by atoms with E-state index in [1.807, 2.05) is 12.1 Å². The molecule has 3 rings (SSSR count). The summed E-state index contributed by atoms with van der Waals surface area (Å²) in [6.07, 6.45) is 4.78. The van der Waals surface area contributed by atoms with Gasteiger partial charge in [0.1, 0.15) is 11.5 Å².